The zero-order valence-electron chi connectivity index (χ0n) is 13.4. The maximum atomic E-state index is 12.8. The van der Waals surface area contributed by atoms with Crippen molar-refractivity contribution in [1.82, 2.24) is 20.1 Å². The minimum Gasteiger partial charge on any atom is -0.432 e. The molecule has 0 radical (unpaired) electrons. The lowest BCUT2D eigenvalue weighted by Crippen LogP contribution is -2.22. The number of rotatable bonds is 6. The molecule has 3 aromatic rings. The molecule has 0 atom stereocenters. The van der Waals surface area contributed by atoms with Gasteiger partial charge in [0.2, 0.25) is 0 Å². The Morgan fingerprint density at radius 3 is 2.81 bits per heavy atom. The first kappa shape index (κ1) is 19.3. The molecule has 0 fully saturated rings. The van der Waals surface area contributed by atoms with E-state index in [1.165, 1.54) is 21.6 Å². The molecule has 2 heterocycles. The lowest BCUT2D eigenvalue weighted by atomic mass is 10.2. The lowest BCUT2D eigenvalue weighted by Gasteiger charge is -2.07. The van der Waals surface area contributed by atoms with Gasteiger partial charge in [-0.05, 0) is 46.3 Å². The van der Waals surface area contributed by atoms with Crippen molar-refractivity contribution in [3.63, 3.8) is 0 Å². The Morgan fingerprint density at radius 2 is 2.07 bits per heavy atom. The number of ether oxygens (including phenoxy) is 1. The van der Waals surface area contributed by atoms with Gasteiger partial charge in [-0.25, -0.2) is 9.78 Å². The van der Waals surface area contributed by atoms with Gasteiger partial charge < -0.3 is 4.74 Å². The van der Waals surface area contributed by atoms with Crippen LogP contribution in [0.15, 0.2) is 47.6 Å². The molecule has 0 aliphatic carbocycles. The molecule has 27 heavy (non-hydrogen) atoms. The monoisotopic (exact) mass is 416 g/mol. The molecule has 0 unspecified atom stereocenters. The second-order valence-electron chi connectivity index (χ2n) is 4.93. The standard InChI is InChI=1S/C15H11F3N4O3S2/c16-15(17,18)10-4-5-11-12(9-10)22(21-20-11)25-14(23)24-7-8-26-27-13-3-1-2-6-19-13/h1-6,9H,7-8H2. The van der Waals surface area contributed by atoms with Crippen LogP contribution in [0.2, 0.25) is 0 Å². The summed E-state index contributed by atoms with van der Waals surface area (Å²) in [7, 11) is 2.85. The van der Waals surface area contributed by atoms with Gasteiger partial charge >= 0.3 is 12.3 Å². The molecule has 0 aliphatic heterocycles. The maximum absolute atomic E-state index is 12.8. The first-order valence-corrected chi connectivity index (χ1v) is 9.73. The summed E-state index contributed by atoms with van der Waals surface area (Å²) < 4.78 is 43.2. The van der Waals surface area contributed by atoms with Crippen molar-refractivity contribution in [1.29, 1.82) is 0 Å². The Morgan fingerprint density at radius 1 is 1.22 bits per heavy atom. The van der Waals surface area contributed by atoms with Crippen LogP contribution in [0, 0.1) is 0 Å². The zero-order valence-corrected chi connectivity index (χ0v) is 15.1. The topological polar surface area (TPSA) is 79.1 Å². The zero-order chi connectivity index (χ0) is 19.3. The third kappa shape index (κ3) is 5.26. The van der Waals surface area contributed by atoms with Gasteiger partial charge in [0.15, 0.2) is 0 Å². The van der Waals surface area contributed by atoms with E-state index in [0.717, 1.165) is 23.2 Å². The molecule has 3 rings (SSSR count). The van der Waals surface area contributed by atoms with Crippen LogP contribution in [-0.4, -0.2) is 38.7 Å². The number of fused-ring (bicyclic) bond motifs is 1. The van der Waals surface area contributed by atoms with Crippen LogP contribution in [0.5, 0.6) is 0 Å². The summed E-state index contributed by atoms with van der Waals surface area (Å²) in [5.41, 5.74) is -0.849. The average Bonchev–Trinajstić information content (AvgIpc) is 3.04. The van der Waals surface area contributed by atoms with E-state index >= 15 is 0 Å². The van der Waals surface area contributed by atoms with Crippen molar-refractivity contribution in [3.05, 3.63) is 48.2 Å². The number of halogens is 3. The molecular formula is C15H11F3N4O3S2. The lowest BCUT2D eigenvalue weighted by molar-refractivity contribution is -0.137. The smallest absolute Gasteiger partial charge is 0.432 e. The highest BCUT2D eigenvalue weighted by Gasteiger charge is 2.31. The first-order chi connectivity index (χ1) is 12.9. The Bertz CT molecular complexity index is 922. The van der Waals surface area contributed by atoms with Gasteiger partial charge in [0.25, 0.3) is 0 Å². The third-order valence-corrected chi connectivity index (χ3v) is 5.30. The van der Waals surface area contributed by atoms with Crippen molar-refractivity contribution in [2.45, 2.75) is 11.2 Å². The summed E-state index contributed by atoms with van der Waals surface area (Å²) >= 11 is 0. The van der Waals surface area contributed by atoms with Crippen LogP contribution in [0.4, 0.5) is 18.0 Å². The average molecular weight is 416 g/mol. The van der Waals surface area contributed by atoms with E-state index in [1.54, 1.807) is 12.3 Å². The molecule has 7 nitrogen and oxygen atoms in total. The maximum Gasteiger partial charge on any atom is 0.535 e. The summed E-state index contributed by atoms with van der Waals surface area (Å²) in [6, 6.07) is 8.31. The third-order valence-electron chi connectivity index (χ3n) is 3.07. The van der Waals surface area contributed by atoms with E-state index in [4.69, 9.17) is 9.57 Å². The number of carbonyl (C=O) groups is 1. The molecule has 12 heteroatoms. The van der Waals surface area contributed by atoms with Crippen molar-refractivity contribution < 1.29 is 27.5 Å². The molecule has 0 N–H and O–H groups in total. The minimum absolute atomic E-state index is 0.0454. The van der Waals surface area contributed by atoms with E-state index in [1.807, 2.05) is 12.1 Å². The number of hydrogen-bond donors (Lipinski definition) is 0. The van der Waals surface area contributed by atoms with Gasteiger partial charge in [0.05, 0.1) is 5.56 Å². The van der Waals surface area contributed by atoms with Gasteiger partial charge in [0.1, 0.15) is 22.7 Å². The fourth-order valence-electron chi connectivity index (χ4n) is 1.90. The highest BCUT2D eigenvalue weighted by molar-refractivity contribution is 8.76. The first-order valence-electron chi connectivity index (χ1n) is 7.42. The SMILES string of the molecule is O=C(OCCSSc1ccccn1)On1nnc2ccc(C(F)(F)F)cc21. The summed E-state index contributed by atoms with van der Waals surface area (Å²) in [4.78, 5) is 21.2. The minimum atomic E-state index is -4.54. The van der Waals surface area contributed by atoms with Crippen LogP contribution >= 0.6 is 21.6 Å². The summed E-state index contributed by atoms with van der Waals surface area (Å²) in [6.45, 7) is 0.0454. The second kappa shape index (κ2) is 8.48. The molecule has 0 spiro atoms. The molecule has 0 amide bonds. The largest absolute Gasteiger partial charge is 0.535 e. The second-order valence-corrected chi connectivity index (χ2v) is 7.36. The van der Waals surface area contributed by atoms with E-state index < -0.39 is 17.9 Å². The summed E-state index contributed by atoms with van der Waals surface area (Å²) in [5, 5.41) is 7.96. The molecular weight excluding hydrogens is 405 g/mol. The van der Waals surface area contributed by atoms with Crippen molar-refractivity contribution in [2.75, 3.05) is 12.4 Å². The molecule has 0 saturated carbocycles. The van der Waals surface area contributed by atoms with Crippen molar-refractivity contribution in [2.24, 2.45) is 0 Å². The van der Waals surface area contributed by atoms with Crippen LogP contribution in [0.25, 0.3) is 11.0 Å². The van der Waals surface area contributed by atoms with Crippen LogP contribution in [0.3, 0.4) is 0 Å². The molecule has 142 valence electrons. The summed E-state index contributed by atoms with van der Waals surface area (Å²) in [5.74, 6) is 0.465. The Labute approximate surface area is 158 Å². The Kier molecular flexibility index (Phi) is 6.06. The van der Waals surface area contributed by atoms with Crippen LogP contribution < -0.4 is 4.84 Å². The molecule has 2 aromatic heterocycles. The highest BCUT2D eigenvalue weighted by Crippen LogP contribution is 2.31. The molecule has 0 aliphatic rings. The van der Waals surface area contributed by atoms with Crippen LogP contribution in [-0.2, 0) is 10.9 Å². The van der Waals surface area contributed by atoms with Gasteiger partial charge in [-0.15, -0.1) is 5.10 Å². The predicted molar refractivity (Wildman–Crippen MR) is 93.0 cm³/mol. The highest BCUT2D eigenvalue weighted by atomic mass is 33.1. The van der Waals surface area contributed by atoms with Gasteiger partial charge in [-0.3, -0.25) is 4.84 Å². The number of aromatic nitrogens is 4. The van der Waals surface area contributed by atoms with Crippen molar-refractivity contribution in [3.8, 4) is 0 Å². The van der Waals surface area contributed by atoms with E-state index in [0.29, 0.717) is 10.6 Å². The number of hydrogen-bond acceptors (Lipinski definition) is 8. The number of benzene rings is 1. The van der Waals surface area contributed by atoms with Gasteiger partial charge in [-0.1, -0.05) is 21.7 Å². The number of carbonyl (C=O) groups excluding carboxylic acids is 1. The molecule has 1 aromatic carbocycles. The normalized spacial score (nSPS) is 11.5. The van der Waals surface area contributed by atoms with Crippen molar-refractivity contribution >= 4 is 38.8 Å². The van der Waals surface area contributed by atoms with Gasteiger partial charge in [-0.2, -0.15) is 13.2 Å². The number of nitrogens with zero attached hydrogens (tertiary/aromatic N) is 4. The number of pyridine rings is 1. The fraction of sp³-hybridized carbons (Fsp3) is 0.200. The Balaban J connectivity index is 1.50. The van der Waals surface area contributed by atoms with E-state index in [9.17, 15) is 18.0 Å². The predicted octanol–water partition coefficient (Wildman–Crippen LogP) is 3.85. The van der Waals surface area contributed by atoms with E-state index in [-0.39, 0.29) is 17.6 Å². The van der Waals surface area contributed by atoms with Crippen LogP contribution in [0.1, 0.15) is 5.56 Å². The molecule has 0 bridgehead atoms. The fourth-order valence-corrected chi connectivity index (χ4v) is 3.60. The number of alkyl halides is 3. The summed E-state index contributed by atoms with van der Waals surface area (Å²) in [6.07, 6.45) is -3.96. The van der Waals surface area contributed by atoms with Gasteiger partial charge in [0, 0.05) is 11.9 Å². The quantitative estimate of drug-likeness (QED) is 0.260. The molecule has 0 saturated heterocycles. The Hall–Kier alpha value is -2.47. The van der Waals surface area contributed by atoms with E-state index in [2.05, 4.69) is 15.3 Å².